The molecule has 2 heterocycles. The highest BCUT2D eigenvalue weighted by Gasteiger charge is 2.23. The molecule has 0 spiro atoms. The first kappa shape index (κ1) is 9.93. The number of anilines is 1. The van der Waals surface area contributed by atoms with Crippen molar-refractivity contribution in [3.8, 4) is 0 Å². The number of hydrogen-bond donors (Lipinski definition) is 1. The summed E-state index contributed by atoms with van der Waals surface area (Å²) in [5, 5.41) is 3.37. The van der Waals surface area contributed by atoms with Crippen LogP contribution in [0.1, 0.15) is 13.3 Å². The first-order chi connectivity index (χ1) is 6.75. The van der Waals surface area contributed by atoms with Gasteiger partial charge in [-0.3, -0.25) is 0 Å². The molecule has 0 bridgehead atoms. The maximum absolute atomic E-state index is 5.47. The fourth-order valence-electron chi connectivity index (χ4n) is 1.59. The maximum Gasteiger partial charge on any atom is 0.127 e. The minimum Gasteiger partial charge on any atom is -0.376 e. The molecule has 14 heavy (non-hydrogen) atoms. The third-order valence-corrected chi connectivity index (χ3v) is 2.92. The van der Waals surface area contributed by atoms with E-state index in [9.17, 15) is 0 Å². The topological polar surface area (TPSA) is 34.1 Å². The molecule has 1 N–H and O–H groups in total. The molecule has 0 aliphatic carbocycles. The van der Waals surface area contributed by atoms with Gasteiger partial charge in [0.15, 0.2) is 0 Å². The molecule has 2 unspecified atom stereocenters. The molecule has 76 valence electrons. The second-order valence-electron chi connectivity index (χ2n) is 3.47. The normalized spacial score (nSPS) is 26.4. The van der Waals surface area contributed by atoms with Crippen LogP contribution in [0, 0.1) is 0 Å². The lowest BCUT2D eigenvalue weighted by Crippen LogP contribution is -2.27. The summed E-state index contributed by atoms with van der Waals surface area (Å²) in [6.45, 7) is 2.93. The fourth-order valence-corrected chi connectivity index (χ4v) is 1.93. The van der Waals surface area contributed by atoms with Crippen molar-refractivity contribution in [3.05, 3.63) is 22.8 Å². The number of hydrogen-bond acceptors (Lipinski definition) is 3. The number of rotatable bonds is 2. The van der Waals surface area contributed by atoms with Crippen LogP contribution in [0.4, 0.5) is 5.82 Å². The summed E-state index contributed by atoms with van der Waals surface area (Å²) in [6.07, 6.45) is 3.11. The largest absolute Gasteiger partial charge is 0.376 e. The van der Waals surface area contributed by atoms with Gasteiger partial charge in [-0.05, 0) is 25.5 Å². The standard InChI is InChI=1S/C10H13BrN2O/c1-7-9(3-5-14-7)13-10-6-8(11)2-4-12-10/h2,4,6-7,9H,3,5H2,1H3,(H,12,13). The van der Waals surface area contributed by atoms with Gasteiger partial charge in [-0.25, -0.2) is 4.98 Å². The van der Waals surface area contributed by atoms with Crippen LogP contribution in [0.2, 0.25) is 0 Å². The predicted molar refractivity (Wildman–Crippen MR) is 59.4 cm³/mol. The van der Waals surface area contributed by atoms with Gasteiger partial charge < -0.3 is 10.1 Å². The molecule has 1 fully saturated rings. The van der Waals surface area contributed by atoms with Crippen molar-refractivity contribution in [3.63, 3.8) is 0 Å². The average molecular weight is 257 g/mol. The molecule has 1 aliphatic rings. The highest BCUT2D eigenvalue weighted by Crippen LogP contribution is 2.19. The molecular formula is C10H13BrN2O. The Kier molecular flexibility index (Phi) is 3.03. The Hall–Kier alpha value is -0.610. The van der Waals surface area contributed by atoms with Gasteiger partial charge >= 0.3 is 0 Å². The van der Waals surface area contributed by atoms with Crippen molar-refractivity contribution in [1.29, 1.82) is 0 Å². The Morgan fingerprint density at radius 2 is 2.50 bits per heavy atom. The van der Waals surface area contributed by atoms with Gasteiger partial charge in [0.25, 0.3) is 0 Å². The summed E-state index contributed by atoms with van der Waals surface area (Å²) >= 11 is 3.42. The molecule has 2 rings (SSSR count). The number of nitrogens with zero attached hydrogens (tertiary/aromatic N) is 1. The van der Waals surface area contributed by atoms with Crippen LogP contribution in [0.25, 0.3) is 0 Å². The summed E-state index contributed by atoms with van der Waals surface area (Å²) in [6, 6.07) is 4.28. The lowest BCUT2D eigenvalue weighted by Gasteiger charge is -2.16. The van der Waals surface area contributed by atoms with E-state index in [2.05, 4.69) is 33.2 Å². The molecule has 1 saturated heterocycles. The van der Waals surface area contributed by atoms with E-state index < -0.39 is 0 Å². The Labute approximate surface area is 92.0 Å². The molecule has 4 heteroatoms. The van der Waals surface area contributed by atoms with E-state index in [-0.39, 0.29) is 6.10 Å². The van der Waals surface area contributed by atoms with Crippen molar-refractivity contribution in [2.24, 2.45) is 0 Å². The van der Waals surface area contributed by atoms with Gasteiger partial charge in [-0.1, -0.05) is 15.9 Å². The number of ether oxygens (including phenoxy) is 1. The van der Waals surface area contributed by atoms with E-state index in [1.165, 1.54) is 0 Å². The summed E-state index contributed by atoms with van der Waals surface area (Å²) in [4.78, 5) is 4.24. The average Bonchev–Trinajstić information content (AvgIpc) is 2.52. The van der Waals surface area contributed by atoms with Crippen LogP contribution < -0.4 is 5.32 Å². The van der Waals surface area contributed by atoms with E-state index in [1.807, 2.05) is 12.1 Å². The van der Waals surface area contributed by atoms with Gasteiger partial charge in [-0.15, -0.1) is 0 Å². The van der Waals surface area contributed by atoms with Gasteiger partial charge in [0.2, 0.25) is 0 Å². The van der Waals surface area contributed by atoms with Gasteiger partial charge in [0.1, 0.15) is 5.82 Å². The summed E-state index contributed by atoms with van der Waals surface area (Å²) in [5.41, 5.74) is 0. The van der Waals surface area contributed by atoms with Crippen LogP contribution in [0.3, 0.4) is 0 Å². The second kappa shape index (κ2) is 4.28. The second-order valence-corrected chi connectivity index (χ2v) is 4.39. The van der Waals surface area contributed by atoms with Gasteiger partial charge in [0.05, 0.1) is 12.1 Å². The Morgan fingerprint density at radius 1 is 1.64 bits per heavy atom. The number of pyridine rings is 1. The molecule has 1 aromatic rings. The Balaban J connectivity index is 2.03. The van der Waals surface area contributed by atoms with Crippen molar-refractivity contribution >= 4 is 21.7 Å². The van der Waals surface area contributed by atoms with E-state index in [0.29, 0.717) is 6.04 Å². The maximum atomic E-state index is 5.47. The van der Waals surface area contributed by atoms with Crippen molar-refractivity contribution in [2.75, 3.05) is 11.9 Å². The van der Waals surface area contributed by atoms with E-state index in [4.69, 9.17) is 4.74 Å². The highest BCUT2D eigenvalue weighted by atomic mass is 79.9. The zero-order chi connectivity index (χ0) is 9.97. The Morgan fingerprint density at radius 3 is 3.14 bits per heavy atom. The first-order valence-corrected chi connectivity index (χ1v) is 5.55. The Bertz CT molecular complexity index is 319. The zero-order valence-corrected chi connectivity index (χ0v) is 9.62. The van der Waals surface area contributed by atoms with E-state index in [1.54, 1.807) is 6.20 Å². The van der Waals surface area contributed by atoms with Crippen molar-refractivity contribution in [1.82, 2.24) is 4.98 Å². The van der Waals surface area contributed by atoms with Gasteiger partial charge in [-0.2, -0.15) is 0 Å². The highest BCUT2D eigenvalue weighted by molar-refractivity contribution is 9.10. The van der Waals surface area contributed by atoms with E-state index in [0.717, 1.165) is 23.3 Å². The molecule has 0 radical (unpaired) electrons. The van der Waals surface area contributed by atoms with Crippen molar-refractivity contribution in [2.45, 2.75) is 25.5 Å². The minimum atomic E-state index is 0.274. The molecule has 0 saturated carbocycles. The fraction of sp³-hybridized carbons (Fsp3) is 0.500. The minimum absolute atomic E-state index is 0.274. The van der Waals surface area contributed by atoms with Crippen LogP contribution in [0.5, 0.6) is 0 Å². The number of nitrogens with one attached hydrogen (secondary N) is 1. The first-order valence-electron chi connectivity index (χ1n) is 4.75. The monoisotopic (exact) mass is 256 g/mol. The molecule has 3 nitrogen and oxygen atoms in total. The van der Waals surface area contributed by atoms with Gasteiger partial charge in [0, 0.05) is 17.3 Å². The van der Waals surface area contributed by atoms with Crippen LogP contribution in [0.15, 0.2) is 22.8 Å². The molecule has 1 aliphatic heterocycles. The molecule has 0 amide bonds. The third-order valence-electron chi connectivity index (χ3n) is 2.43. The third kappa shape index (κ3) is 2.25. The zero-order valence-electron chi connectivity index (χ0n) is 8.03. The predicted octanol–water partition coefficient (Wildman–Crippen LogP) is 2.43. The summed E-state index contributed by atoms with van der Waals surface area (Å²) in [7, 11) is 0. The van der Waals surface area contributed by atoms with Crippen molar-refractivity contribution < 1.29 is 4.74 Å². The number of aromatic nitrogens is 1. The van der Waals surface area contributed by atoms with Crippen LogP contribution in [-0.2, 0) is 4.74 Å². The molecule has 0 aromatic carbocycles. The SMILES string of the molecule is CC1OCCC1Nc1cc(Br)ccn1. The lowest BCUT2D eigenvalue weighted by molar-refractivity contribution is 0.121. The molecule has 1 aromatic heterocycles. The quantitative estimate of drug-likeness (QED) is 0.883. The molecular weight excluding hydrogens is 244 g/mol. The lowest BCUT2D eigenvalue weighted by atomic mass is 10.1. The molecule has 2 atom stereocenters. The van der Waals surface area contributed by atoms with E-state index >= 15 is 0 Å². The van der Waals surface area contributed by atoms with Crippen LogP contribution in [-0.4, -0.2) is 23.7 Å². The number of halogens is 1. The smallest absolute Gasteiger partial charge is 0.127 e. The summed E-state index contributed by atoms with van der Waals surface area (Å²) < 4.78 is 6.51. The van der Waals surface area contributed by atoms with Crippen LogP contribution >= 0.6 is 15.9 Å². The summed E-state index contributed by atoms with van der Waals surface area (Å²) in [5.74, 6) is 0.904.